The van der Waals surface area contributed by atoms with Crippen LogP contribution in [0, 0.1) is 6.92 Å². The largest absolute Gasteiger partial charge is 0.496 e. The van der Waals surface area contributed by atoms with Gasteiger partial charge in [-0.05, 0) is 23.9 Å². The van der Waals surface area contributed by atoms with Gasteiger partial charge in [0, 0.05) is 17.0 Å². The Labute approximate surface area is 122 Å². The second-order valence-electron chi connectivity index (χ2n) is 4.28. The number of hydrogen-bond donors (Lipinski definition) is 1. The lowest BCUT2D eigenvalue weighted by atomic mass is 10.00. The SMILES string of the molecule is COc1cc(OC)c(C(O)c2ccsc2C)c(OC)c1. The number of hydrogen-bond acceptors (Lipinski definition) is 5. The van der Waals surface area contributed by atoms with E-state index >= 15 is 0 Å². The van der Waals surface area contributed by atoms with Gasteiger partial charge in [0.15, 0.2) is 0 Å². The van der Waals surface area contributed by atoms with Gasteiger partial charge in [0.2, 0.25) is 0 Å². The van der Waals surface area contributed by atoms with Crippen molar-refractivity contribution in [3.63, 3.8) is 0 Å². The molecule has 1 aromatic heterocycles. The van der Waals surface area contributed by atoms with Gasteiger partial charge in [0.05, 0.1) is 26.9 Å². The molecule has 0 bridgehead atoms. The van der Waals surface area contributed by atoms with E-state index in [1.807, 2.05) is 18.4 Å². The molecule has 1 aromatic carbocycles. The number of ether oxygens (including phenoxy) is 3. The highest BCUT2D eigenvalue weighted by molar-refractivity contribution is 7.10. The Kier molecular flexibility index (Phi) is 4.52. The molecular weight excluding hydrogens is 276 g/mol. The van der Waals surface area contributed by atoms with E-state index < -0.39 is 6.10 Å². The molecule has 0 aliphatic rings. The van der Waals surface area contributed by atoms with Crippen molar-refractivity contribution >= 4 is 11.3 Å². The Morgan fingerprint density at radius 1 is 1.05 bits per heavy atom. The van der Waals surface area contributed by atoms with Gasteiger partial charge in [-0.2, -0.15) is 0 Å². The third kappa shape index (κ3) is 2.59. The number of aryl methyl sites for hydroxylation is 1. The first kappa shape index (κ1) is 14.7. The van der Waals surface area contributed by atoms with Gasteiger partial charge >= 0.3 is 0 Å². The molecule has 0 saturated heterocycles. The first-order valence-electron chi connectivity index (χ1n) is 6.14. The predicted molar refractivity (Wildman–Crippen MR) is 79.2 cm³/mol. The molecule has 1 unspecified atom stereocenters. The van der Waals surface area contributed by atoms with Crippen LogP contribution >= 0.6 is 11.3 Å². The van der Waals surface area contributed by atoms with E-state index in [2.05, 4.69) is 0 Å². The molecule has 4 nitrogen and oxygen atoms in total. The summed E-state index contributed by atoms with van der Waals surface area (Å²) in [6, 6.07) is 5.39. The average Bonchev–Trinajstić information content (AvgIpc) is 2.91. The van der Waals surface area contributed by atoms with Gasteiger partial charge in [-0.15, -0.1) is 11.3 Å². The monoisotopic (exact) mass is 294 g/mol. The van der Waals surface area contributed by atoms with Crippen LogP contribution in [0.4, 0.5) is 0 Å². The normalized spacial score (nSPS) is 12.1. The smallest absolute Gasteiger partial charge is 0.132 e. The molecule has 2 rings (SSSR count). The highest BCUT2D eigenvalue weighted by atomic mass is 32.1. The summed E-state index contributed by atoms with van der Waals surface area (Å²) in [5.41, 5.74) is 1.47. The van der Waals surface area contributed by atoms with Crippen LogP contribution in [0.3, 0.4) is 0 Å². The number of rotatable bonds is 5. The second-order valence-corrected chi connectivity index (χ2v) is 5.40. The summed E-state index contributed by atoms with van der Waals surface area (Å²) in [5, 5.41) is 12.6. The molecule has 1 N–H and O–H groups in total. The molecule has 5 heteroatoms. The fraction of sp³-hybridized carbons (Fsp3) is 0.333. The molecule has 0 radical (unpaired) electrons. The number of methoxy groups -OCH3 is 3. The van der Waals surface area contributed by atoms with E-state index in [1.165, 1.54) is 0 Å². The first-order valence-corrected chi connectivity index (χ1v) is 7.02. The molecule has 0 spiro atoms. The van der Waals surface area contributed by atoms with Crippen LogP contribution in [0.2, 0.25) is 0 Å². The van der Waals surface area contributed by atoms with E-state index in [4.69, 9.17) is 14.2 Å². The standard InChI is InChI=1S/C15H18O4S/c1-9-11(5-6-20-9)15(16)14-12(18-3)7-10(17-2)8-13(14)19-4/h5-8,15-16H,1-4H3. The second kappa shape index (κ2) is 6.15. The molecule has 1 heterocycles. The molecule has 2 aromatic rings. The topological polar surface area (TPSA) is 47.9 Å². The van der Waals surface area contributed by atoms with Crippen molar-refractivity contribution in [1.82, 2.24) is 0 Å². The van der Waals surface area contributed by atoms with Crippen molar-refractivity contribution in [2.75, 3.05) is 21.3 Å². The van der Waals surface area contributed by atoms with Gasteiger partial charge in [-0.25, -0.2) is 0 Å². The van der Waals surface area contributed by atoms with E-state index in [1.54, 1.807) is 44.8 Å². The minimum absolute atomic E-state index is 0.541. The van der Waals surface area contributed by atoms with Crippen LogP contribution < -0.4 is 14.2 Å². The van der Waals surface area contributed by atoms with Crippen molar-refractivity contribution in [2.24, 2.45) is 0 Å². The molecule has 1 atom stereocenters. The quantitative estimate of drug-likeness (QED) is 0.920. The first-order chi connectivity index (χ1) is 9.62. The molecule has 0 amide bonds. The zero-order chi connectivity index (χ0) is 14.7. The van der Waals surface area contributed by atoms with E-state index in [0.29, 0.717) is 22.8 Å². The van der Waals surface area contributed by atoms with Crippen LogP contribution in [0.25, 0.3) is 0 Å². The number of thiophene rings is 1. The molecule has 0 aliphatic heterocycles. The Morgan fingerprint density at radius 3 is 2.05 bits per heavy atom. The van der Waals surface area contributed by atoms with Crippen LogP contribution in [-0.4, -0.2) is 26.4 Å². The fourth-order valence-corrected chi connectivity index (χ4v) is 2.87. The zero-order valence-electron chi connectivity index (χ0n) is 12.0. The number of aliphatic hydroxyl groups excluding tert-OH is 1. The van der Waals surface area contributed by atoms with Crippen molar-refractivity contribution in [1.29, 1.82) is 0 Å². The summed E-state index contributed by atoms with van der Waals surface area (Å²) in [6.45, 7) is 1.98. The molecule has 0 aliphatic carbocycles. The fourth-order valence-electron chi connectivity index (χ4n) is 2.14. The Balaban J connectivity index is 2.57. The summed E-state index contributed by atoms with van der Waals surface area (Å²) >= 11 is 1.60. The van der Waals surface area contributed by atoms with Crippen molar-refractivity contribution in [3.05, 3.63) is 39.6 Å². The molecular formula is C15H18O4S. The average molecular weight is 294 g/mol. The molecule has 20 heavy (non-hydrogen) atoms. The minimum Gasteiger partial charge on any atom is -0.496 e. The van der Waals surface area contributed by atoms with Crippen molar-refractivity contribution in [2.45, 2.75) is 13.0 Å². The van der Waals surface area contributed by atoms with Gasteiger partial charge in [-0.1, -0.05) is 0 Å². The summed E-state index contributed by atoms with van der Waals surface area (Å²) < 4.78 is 16.0. The molecule has 0 fully saturated rings. The van der Waals surface area contributed by atoms with Crippen LogP contribution in [-0.2, 0) is 0 Å². The number of aliphatic hydroxyl groups is 1. The van der Waals surface area contributed by atoms with E-state index in [-0.39, 0.29) is 0 Å². The van der Waals surface area contributed by atoms with E-state index in [0.717, 1.165) is 10.4 Å². The Hall–Kier alpha value is -1.72. The summed E-state index contributed by atoms with van der Waals surface area (Å²) in [5.74, 6) is 1.70. The summed E-state index contributed by atoms with van der Waals surface area (Å²) in [4.78, 5) is 1.07. The number of benzene rings is 1. The van der Waals surface area contributed by atoms with Gasteiger partial charge in [0.1, 0.15) is 23.4 Å². The summed E-state index contributed by atoms with van der Waals surface area (Å²) in [6.07, 6.45) is -0.794. The van der Waals surface area contributed by atoms with Gasteiger partial charge < -0.3 is 19.3 Å². The Bertz CT molecular complexity index is 566. The highest BCUT2D eigenvalue weighted by Crippen LogP contribution is 2.41. The minimum atomic E-state index is -0.794. The van der Waals surface area contributed by atoms with Crippen LogP contribution in [0.5, 0.6) is 17.2 Å². The lowest BCUT2D eigenvalue weighted by molar-refractivity contribution is 0.208. The molecule has 0 saturated carbocycles. The maximum absolute atomic E-state index is 10.7. The lowest BCUT2D eigenvalue weighted by Crippen LogP contribution is -2.06. The Morgan fingerprint density at radius 2 is 1.65 bits per heavy atom. The highest BCUT2D eigenvalue weighted by Gasteiger charge is 2.23. The third-order valence-electron chi connectivity index (χ3n) is 3.22. The zero-order valence-corrected chi connectivity index (χ0v) is 12.8. The maximum atomic E-state index is 10.7. The lowest BCUT2D eigenvalue weighted by Gasteiger charge is -2.19. The van der Waals surface area contributed by atoms with Crippen LogP contribution in [0.1, 0.15) is 22.1 Å². The van der Waals surface area contributed by atoms with Crippen LogP contribution in [0.15, 0.2) is 23.6 Å². The van der Waals surface area contributed by atoms with Gasteiger partial charge in [0.25, 0.3) is 0 Å². The third-order valence-corrected chi connectivity index (χ3v) is 4.08. The van der Waals surface area contributed by atoms with E-state index in [9.17, 15) is 5.11 Å². The predicted octanol–water partition coefficient (Wildman–Crippen LogP) is 3.16. The van der Waals surface area contributed by atoms with Gasteiger partial charge in [-0.3, -0.25) is 0 Å². The van der Waals surface area contributed by atoms with Crippen molar-refractivity contribution in [3.8, 4) is 17.2 Å². The molecule has 108 valence electrons. The maximum Gasteiger partial charge on any atom is 0.132 e. The van der Waals surface area contributed by atoms with Crippen molar-refractivity contribution < 1.29 is 19.3 Å². The summed E-state index contributed by atoms with van der Waals surface area (Å²) in [7, 11) is 4.70.